The van der Waals surface area contributed by atoms with Crippen LogP contribution in [0.25, 0.3) is 0 Å². The summed E-state index contributed by atoms with van der Waals surface area (Å²) < 4.78 is 63.5. The Morgan fingerprint density at radius 1 is 0.957 bits per heavy atom. The molecular weight excluding hydrogens is 620 g/mol. The standard InChI is InChI=1S/C30H30N6O9S/c1-40-21-8-2-3-9-23(21)45-26-27(35-46(38,39)20-11-12-22-24(18-20)44-19-43-22)33-29(36-14-6-7-15-36)34-28(26)41-16-17-42-30(37)32-25-10-4-5-13-31-25/h2-5,8-13,18H,6-7,14-17,19H2,1H3,(H,31,32,37)(H,33,34,35). The van der Waals surface area contributed by atoms with Gasteiger partial charge in [0, 0.05) is 25.4 Å². The van der Waals surface area contributed by atoms with Crippen LogP contribution < -0.4 is 38.6 Å². The van der Waals surface area contributed by atoms with E-state index in [0.717, 1.165) is 12.8 Å². The molecule has 0 bridgehead atoms. The van der Waals surface area contributed by atoms with Crippen LogP contribution in [0.1, 0.15) is 12.8 Å². The van der Waals surface area contributed by atoms with E-state index in [1.54, 1.807) is 42.5 Å². The van der Waals surface area contributed by atoms with Crippen LogP contribution in [0, 0.1) is 0 Å². The Balaban J connectivity index is 1.31. The van der Waals surface area contributed by atoms with Gasteiger partial charge in [-0.25, -0.2) is 18.2 Å². The quantitative estimate of drug-likeness (QED) is 0.206. The molecule has 1 fully saturated rings. The number of ether oxygens (including phenoxy) is 6. The third kappa shape index (κ3) is 7.07. The van der Waals surface area contributed by atoms with E-state index in [0.29, 0.717) is 36.2 Å². The predicted octanol–water partition coefficient (Wildman–Crippen LogP) is 4.43. The molecule has 240 valence electrons. The average Bonchev–Trinajstić information content (AvgIpc) is 3.77. The summed E-state index contributed by atoms with van der Waals surface area (Å²) in [6.07, 6.45) is 2.63. The number of nitrogens with one attached hydrogen (secondary N) is 2. The topological polar surface area (TPSA) is 173 Å². The molecule has 0 atom stereocenters. The second-order valence-electron chi connectivity index (χ2n) is 9.90. The van der Waals surface area contributed by atoms with Gasteiger partial charge in [-0.15, -0.1) is 0 Å². The molecule has 16 heteroatoms. The van der Waals surface area contributed by atoms with Crippen LogP contribution >= 0.6 is 0 Å². The molecule has 1 saturated heterocycles. The van der Waals surface area contributed by atoms with Crippen molar-refractivity contribution in [2.75, 3.05) is 55.1 Å². The summed E-state index contributed by atoms with van der Waals surface area (Å²) >= 11 is 0. The first-order valence-electron chi connectivity index (χ1n) is 14.3. The summed E-state index contributed by atoms with van der Waals surface area (Å²) in [5, 5.41) is 2.52. The molecule has 0 aliphatic carbocycles. The van der Waals surface area contributed by atoms with E-state index in [-0.39, 0.29) is 54.0 Å². The Morgan fingerprint density at radius 2 is 1.74 bits per heavy atom. The SMILES string of the molecule is COc1ccccc1Oc1c(NS(=O)(=O)c2ccc3c(c2)OCO3)nc(N2CCCC2)nc1OCCOC(=O)Nc1ccccn1. The van der Waals surface area contributed by atoms with E-state index >= 15 is 0 Å². The third-order valence-corrected chi connectivity index (χ3v) is 8.16. The number of amides is 1. The van der Waals surface area contributed by atoms with E-state index in [1.165, 1.54) is 31.5 Å². The van der Waals surface area contributed by atoms with Crippen molar-refractivity contribution in [3.63, 3.8) is 0 Å². The van der Waals surface area contributed by atoms with E-state index in [2.05, 4.69) is 25.0 Å². The molecule has 0 radical (unpaired) electrons. The number of rotatable bonds is 12. The number of aromatic nitrogens is 3. The van der Waals surface area contributed by atoms with Gasteiger partial charge in [-0.1, -0.05) is 18.2 Å². The number of hydrogen-bond donors (Lipinski definition) is 2. The van der Waals surface area contributed by atoms with Crippen LogP contribution in [0.3, 0.4) is 0 Å². The molecule has 15 nitrogen and oxygen atoms in total. The minimum Gasteiger partial charge on any atom is -0.493 e. The molecule has 46 heavy (non-hydrogen) atoms. The van der Waals surface area contributed by atoms with Gasteiger partial charge >= 0.3 is 6.09 Å². The fraction of sp³-hybridized carbons (Fsp3) is 0.267. The highest BCUT2D eigenvalue weighted by Gasteiger charge is 2.28. The van der Waals surface area contributed by atoms with Crippen molar-refractivity contribution in [3.05, 3.63) is 66.9 Å². The number of carbonyl (C=O) groups excluding carboxylic acids is 1. The van der Waals surface area contributed by atoms with Crippen LogP contribution in [0.15, 0.2) is 71.8 Å². The van der Waals surface area contributed by atoms with Gasteiger partial charge in [-0.3, -0.25) is 10.0 Å². The number of hydrogen-bond acceptors (Lipinski definition) is 13. The Kier molecular flexibility index (Phi) is 9.05. The number of benzene rings is 2. The van der Waals surface area contributed by atoms with Gasteiger partial charge < -0.3 is 33.3 Å². The second-order valence-corrected chi connectivity index (χ2v) is 11.6. The van der Waals surface area contributed by atoms with Crippen LogP contribution in [0.5, 0.6) is 34.6 Å². The van der Waals surface area contributed by atoms with Gasteiger partial charge in [0.1, 0.15) is 19.0 Å². The number of sulfonamides is 1. The lowest BCUT2D eigenvalue weighted by Gasteiger charge is -2.21. The minimum atomic E-state index is -4.23. The number of methoxy groups -OCH3 is 1. The van der Waals surface area contributed by atoms with Gasteiger partial charge in [-0.05, 0) is 49.2 Å². The van der Waals surface area contributed by atoms with Gasteiger partial charge in [0.25, 0.3) is 15.9 Å². The molecule has 0 spiro atoms. The number of pyridine rings is 1. The summed E-state index contributed by atoms with van der Waals surface area (Å²) in [7, 11) is -2.76. The van der Waals surface area contributed by atoms with Crippen LogP contribution in [-0.2, 0) is 14.8 Å². The van der Waals surface area contributed by atoms with Crippen LogP contribution in [-0.4, -0.2) is 69.7 Å². The Morgan fingerprint density at radius 3 is 2.52 bits per heavy atom. The van der Waals surface area contributed by atoms with Crippen LogP contribution in [0.2, 0.25) is 0 Å². The summed E-state index contributed by atoms with van der Waals surface area (Å²) in [4.78, 5) is 27.3. The molecule has 4 aromatic rings. The second kappa shape index (κ2) is 13.6. The van der Waals surface area contributed by atoms with E-state index in [1.807, 2.05) is 4.90 Å². The molecule has 2 N–H and O–H groups in total. The van der Waals surface area contributed by atoms with Crippen molar-refractivity contribution in [1.82, 2.24) is 15.0 Å². The molecular formula is C30H30N6O9S. The summed E-state index contributed by atoms with van der Waals surface area (Å²) in [5.74, 6) is 1.52. The van der Waals surface area contributed by atoms with E-state index in [9.17, 15) is 13.2 Å². The van der Waals surface area contributed by atoms with E-state index < -0.39 is 16.1 Å². The zero-order valence-corrected chi connectivity index (χ0v) is 25.5. The molecule has 2 aromatic heterocycles. The molecule has 0 saturated carbocycles. The van der Waals surface area contributed by atoms with Crippen molar-refractivity contribution >= 4 is 33.7 Å². The lowest BCUT2D eigenvalue weighted by Crippen LogP contribution is -2.23. The molecule has 2 aromatic carbocycles. The monoisotopic (exact) mass is 650 g/mol. The Hall–Kier alpha value is -5.51. The van der Waals surface area contributed by atoms with Crippen molar-refractivity contribution in [1.29, 1.82) is 0 Å². The largest absolute Gasteiger partial charge is 0.493 e. The number of carbonyl (C=O) groups is 1. The first-order chi connectivity index (χ1) is 22.4. The Bertz CT molecular complexity index is 1800. The zero-order chi connectivity index (χ0) is 31.9. The fourth-order valence-electron chi connectivity index (χ4n) is 4.63. The zero-order valence-electron chi connectivity index (χ0n) is 24.7. The maximum Gasteiger partial charge on any atom is 0.412 e. The predicted molar refractivity (Wildman–Crippen MR) is 165 cm³/mol. The molecule has 2 aliphatic rings. The summed E-state index contributed by atoms with van der Waals surface area (Å²) in [5.41, 5.74) is 0. The smallest absolute Gasteiger partial charge is 0.412 e. The van der Waals surface area contributed by atoms with Crippen molar-refractivity contribution < 1.29 is 41.6 Å². The highest BCUT2D eigenvalue weighted by atomic mass is 32.2. The number of para-hydroxylation sites is 2. The van der Waals surface area contributed by atoms with Crippen molar-refractivity contribution in [2.45, 2.75) is 17.7 Å². The van der Waals surface area contributed by atoms with Gasteiger partial charge in [0.2, 0.25) is 18.5 Å². The number of anilines is 3. The van der Waals surface area contributed by atoms with Gasteiger partial charge in [0.15, 0.2) is 28.8 Å². The van der Waals surface area contributed by atoms with E-state index in [4.69, 9.17) is 28.4 Å². The maximum atomic E-state index is 13.7. The molecule has 1 amide bonds. The maximum absolute atomic E-state index is 13.7. The van der Waals surface area contributed by atoms with Crippen LogP contribution in [0.4, 0.5) is 22.4 Å². The summed E-state index contributed by atoms with van der Waals surface area (Å²) in [6, 6.07) is 16.1. The van der Waals surface area contributed by atoms with Gasteiger partial charge in [-0.2, -0.15) is 9.97 Å². The highest BCUT2D eigenvalue weighted by Crippen LogP contribution is 2.42. The minimum absolute atomic E-state index is 0.0104. The third-order valence-electron chi connectivity index (χ3n) is 6.83. The number of nitrogens with zero attached hydrogens (tertiary/aromatic N) is 4. The first kappa shape index (κ1) is 30.5. The highest BCUT2D eigenvalue weighted by molar-refractivity contribution is 7.92. The molecule has 2 aliphatic heterocycles. The molecule has 6 rings (SSSR count). The molecule has 0 unspecified atom stereocenters. The van der Waals surface area contributed by atoms with Gasteiger partial charge in [0.05, 0.1) is 12.0 Å². The number of fused-ring (bicyclic) bond motifs is 1. The lowest BCUT2D eigenvalue weighted by molar-refractivity contribution is 0.135. The average molecular weight is 651 g/mol. The van der Waals surface area contributed by atoms with Crippen molar-refractivity contribution in [2.24, 2.45) is 0 Å². The van der Waals surface area contributed by atoms with Crippen molar-refractivity contribution in [3.8, 4) is 34.6 Å². The molecule has 4 heterocycles. The summed E-state index contributed by atoms with van der Waals surface area (Å²) in [6.45, 7) is 0.995. The Labute approximate surface area is 264 Å². The lowest BCUT2D eigenvalue weighted by atomic mass is 10.3. The normalized spacial score (nSPS) is 13.6. The first-order valence-corrected chi connectivity index (χ1v) is 15.8. The fourth-order valence-corrected chi connectivity index (χ4v) is 5.65.